The van der Waals surface area contributed by atoms with E-state index < -0.39 is 0 Å². The fraction of sp³-hybridized carbons (Fsp3) is 0.938. The average Bonchev–Trinajstić information content (AvgIpc) is 2.78. The summed E-state index contributed by atoms with van der Waals surface area (Å²) in [4.78, 5) is 14.8. The van der Waals surface area contributed by atoms with E-state index in [1.807, 2.05) is 11.9 Å². The highest BCUT2D eigenvalue weighted by molar-refractivity contribution is 5.84. The zero-order chi connectivity index (χ0) is 14.4. The number of carbonyl (C=O) groups excluding carboxylic acids is 1. The molecule has 0 aromatic carbocycles. The Labute approximate surface area is 117 Å². The Balaban J connectivity index is 2.08. The van der Waals surface area contributed by atoms with Gasteiger partial charge in [0.15, 0.2) is 0 Å². The average molecular weight is 266 g/mol. The second-order valence-electron chi connectivity index (χ2n) is 7.67. The summed E-state index contributed by atoms with van der Waals surface area (Å²) in [6.07, 6.45) is 4.80. The maximum atomic E-state index is 12.8. The van der Waals surface area contributed by atoms with Gasteiger partial charge in [0.25, 0.3) is 0 Å². The van der Waals surface area contributed by atoms with Gasteiger partial charge >= 0.3 is 0 Å². The number of amides is 1. The zero-order valence-corrected chi connectivity index (χ0v) is 13.2. The lowest BCUT2D eigenvalue weighted by Crippen LogP contribution is -2.47. The standard InChI is InChI=1S/C16H30N2O/c1-15(2)13(16(15,3)4)14(19)18(5)12-9-7-6-8-11(12)10-17/h11-13H,6-10,17H2,1-5H3. The molecule has 2 aliphatic rings. The minimum atomic E-state index is 0.130. The van der Waals surface area contributed by atoms with E-state index in [1.54, 1.807) is 0 Å². The van der Waals surface area contributed by atoms with Crippen molar-refractivity contribution in [2.45, 2.75) is 59.4 Å². The van der Waals surface area contributed by atoms with Crippen molar-refractivity contribution in [3.8, 4) is 0 Å². The lowest BCUT2D eigenvalue weighted by molar-refractivity contribution is -0.136. The number of hydrogen-bond donors (Lipinski definition) is 1. The molecule has 0 bridgehead atoms. The van der Waals surface area contributed by atoms with Gasteiger partial charge in [-0.2, -0.15) is 0 Å². The minimum absolute atomic E-state index is 0.130. The van der Waals surface area contributed by atoms with Crippen LogP contribution in [0.3, 0.4) is 0 Å². The highest BCUT2D eigenvalue weighted by atomic mass is 16.2. The van der Waals surface area contributed by atoms with Crippen molar-refractivity contribution in [3.63, 3.8) is 0 Å². The molecular formula is C16H30N2O. The fourth-order valence-corrected chi connectivity index (χ4v) is 4.15. The van der Waals surface area contributed by atoms with Crippen LogP contribution in [0.15, 0.2) is 0 Å². The predicted octanol–water partition coefficient (Wildman–Crippen LogP) is 2.64. The van der Waals surface area contributed by atoms with Gasteiger partial charge in [0.2, 0.25) is 5.91 Å². The van der Waals surface area contributed by atoms with E-state index in [-0.39, 0.29) is 16.7 Å². The summed E-state index contributed by atoms with van der Waals surface area (Å²) in [6, 6.07) is 0.360. The number of hydrogen-bond acceptors (Lipinski definition) is 2. The van der Waals surface area contributed by atoms with Gasteiger partial charge in [0.05, 0.1) is 0 Å². The molecule has 0 aromatic heterocycles. The topological polar surface area (TPSA) is 46.3 Å². The quantitative estimate of drug-likeness (QED) is 0.853. The van der Waals surface area contributed by atoms with Crippen LogP contribution < -0.4 is 5.73 Å². The van der Waals surface area contributed by atoms with Crippen molar-refractivity contribution in [2.75, 3.05) is 13.6 Å². The highest BCUT2D eigenvalue weighted by Gasteiger charge is 2.68. The first-order valence-corrected chi connectivity index (χ1v) is 7.72. The summed E-state index contributed by atoms with van der Waals surface area (Å²) < 4.78 is 0. The molecule has 0 spiro atoms. The minimum Gasteiger partial charge on any atom is -0.342 e. The molecule has 2 N–H and O–H groups in total. The lowest BCUT2D eigenvalue weighted by atomic mass is 9.83. The smallest absolute Gasteiger partial charge is 0.226 e. The predicted molar refractivity (Wildman–Crippen MR) is 78.6 cm³/mol. The fourth-order valence-electron chi connectivity index (χ4n) is 4.15. The van der Waals surface area contributed by atoms with Gasteiger partial charge < -0.3 is 10.6 Å². The van der Waals surface area contributed by atoms with Crippen LogP contribution in [0.4, 0.5) is 0 Å². The maximum Gasteiger partial charge on any atom is 0.226 e. The van der Waals surface area contributed by atoms with Crippen LogP contribution in [-0.4, -0.2) is 30.4 Å². The molecule has 0 aromatic rings. The summed E-state index contributed by atoms with van der Waals surface area (Å²) >= 11 is 0. The van der Waals surface area contributed by atoms with Gasteiger partial charge in [-0.05, 0) is 36.1 Å². The Morgan fingerprint density at radius 2 is 1.68 bits per heavy atom. The number of nitrogens with two attached hydrogens (primary N) is 1. The van der Waals surface area contributed by atoms with Gasteiger partial charge in [0.1, 0.15) is 0 Å². The summed E-state index contributed by atoms with van der Waals surface area (Å²) in [5.41, 5.74) is 6.15. The Bertz CT molecular complexity index is 348. The van der Waals surface area contributed by atoms with E-state index in [0.717, 1.165) is 6.42 Å². The summed E-state index contributed by atoms with van der Waals surface area (Å²) in [7, 11) is 1.99. The van der Waals surface area contributed by atoms with E-state index in [0.29, 0.717) is 24.4 Å². The van der Waals surface area contributed by atoms with E-state index in [1.165, 1.54) is 19.3 Å². The molecule has 2 rings (SSSR count). The number of rotatable bonds is 3. The van der Waals surface area contributed by atoms with Crippen molar-refractivity contribution in [3.05, 3.63) is 0 Å². The molecule has 2 aliphatic carbocycles. The third-order valence-electron chi connectivity index (χ3n) is 6.28. The molecule has 0 aliphatic heterocycles. The van der Waals surface area contributed by atoms with E-state index in [2.05, 4.69) is 27.7 Å². The van der Waals surface area contributed by atoms with Gasteiger partial charge in [-0.1, -0.05) is 40.5 Å². The first-order valence-electron chi connectivity index (χ1n) is 7.72. The third-order valence-corrected chi connectivity index (χ3v) is 6.28. The number of carbonyl (C=O) groups is 1. The van der Waals surface area contributed by atoms with Crippen LogP contribution in [0.1, 0.15) is 53.4 Å². The zero-order valence-electron chi connectivity index (χ0n) is 13.2. The summed E-state index contributed by atoms with van der Waals surface area (Å²) in [6.45, 7) is 9.56. The largest absolute Gasteiger partial charge is 0.342 e. The van der Waals surface area contributed by atoms with Crippen molar-refractivity contribution in [1.29, 1.82) is 0 Å². The molecule has 19 heavy (non-hydrogen) atoms. The third kappa shape index (κ3) is 2.20. The van der Waals surface area contributed by atoms with E-state index >= 15 is 0 Å². The molecule has 0 heterocycles. The van der Waals surface area contributed by atoms with Crippen LogP contribution in [0.2, 0.25) is 0 Å². The van der Waals surface area contributed by atoms with Crippen molar-refractivity contribution < 1.29 is 4.79 Å². The van der Waals surface area contributed by atoms with Crippen molar-refractivity contribution in [1.82, 2.24) is 4.90 Å². The molecule has 3 heteroatoms. The van der Waals surface area contributed by atoms with Crippen molar-refractivity contribution in [2.24, 2.45) is 28.4 Å². The van der Waals surface area contributed by atoms with Crippen LogP contribution in [0, 0.1) is 22.7 Å². The highest BCUT2D eigenvalue weighted by Crippen LogP contribution is 2.68. The normalized spacial score (nSPS) is 32.9. The Morgan fingerprint density at radius 1 is 1.16 bits per heavy atom. The summed E-state index contributed by atoms with van der Waals surface area (Å²) in [5.74, 6) is 0.998. The van der Waals surface area contributed by atoms with Crippen LogP contribution in [0.5, 0.6) is 0 Å². The molecule has 2 atom stereocenters. The molecular weight excluding hydrogens is 236 g/mol. The Morgan fingerprint density at radius 3 is 2.16 bits per heavy atom. The molecule has 0 radical (unpaired) electrons. The van der Waals surface area contributed by atoms with Gasteiger partial charge in [-0.25, -0.2) is 0 Å². The molecule has 110 valence electrons. The maximum absolute atomic E-state index is 12.8. The Kier molecular flexibility index (Phi) is 3.72. The van der Waals surface area contributed by atoms with Crippen molar-refractivity contribution >= 4 is 5.91 Å². The molecule has 2 saturated carbocycles. The van der Waals surface area contributed by atoms with Gasteiger partial charge in [0, 0.05) is 19.0 Å². The second-order valence-corrected chi connectivity index (χ2v) is 7.67. The Hall–Kier alpha value is -0.570. The lowest BCUT2D eigenvalue weighted by Gasteiger charge is -2.38. The first kappa shape index (κ1) is 14.8. The van der Waals surface area contributed by atoms with Crippen LogP contribution >= 0.6 is 0 Å². The molecule has 2 unspecified atom stereocenters. The molecule has 2 fully saturated rings. The molecule has 3 nitrogen and oxygen atoms in total. The van der Waals surface area contributed by atoms with Crippen LogP contribution in [-0.2, 0) is 4.79 Å². The monoisotopic (exact) mass is 266 g/mol. The first-order chi connectivity index (χ1) is 8.75. The van der Waals surface area contributed by atoms with Gasteiger partial charge in [-0.3, -0.25) is 4.79 Å². The molecule has 1 amide bonds. The van der Waals surface area contributed by atoms with Gasteiger partial charge in [-0.15, -0.1) is 0 Å². The number of nitrogens with zero attached hydrogens (tertiary/aromatic N) is 1. The SMILES string of the molecule is CN(C(=O)C1C(C)(C)C1(C)C)C1CCCCC1CN. The van der Waals surface area contributed by atoms with Crippen LogP contribution in [0.25, 0.3) is 0 Å². The molecule has 0 saturated heterocycles. The second kappa shape index (κ2) is 4.76. The van der Waals surface area contributed by atoms with E-state index in [9.17, 15) is 4.79 Å². The van der Waals surface area contributed by atoms with E-state index in [4.69, 9.17) is 5.73 Å². The summed E-state index contributed by atoms with van der Waals surface area (Å²) in [5, 5.41) is 0.